The van der Waals surface area contributed by atoms with Crippen molar-refractivity contribution in [2.24, 2.45) is 0 Å². The summed E-state index contributed by atoms with van der Waals surface area (Å²) in [7, 11) is 0. The van der Waals surface area contributed by atoms with Crippen LogP contribution in [-0.2, 0) is 4.79 Å². The Kier molecular flexibility index (Phi) is 13.5. The van der Waals surface area contributed by atoms with Crippen molar-refractivity contribution in [2.45, 2.75) is 96.8 Å². The SMILES string of the molecule is C/C=C/C/C=C/CCCCCCCCCCCC(=O)N1CCCC1. The highest BCUT2D eigenvalue weighted by molar-refractivity contribution is 5.76. The van der Waals surface area contributed by atoms with E-state index in [0.717, 1.165) is 32.4 Å². The Labute approximate surface area is 150 Å². The second-order valence-corrected chi connectivity index (χ2v) is 7.08. The minimum atomic E-state index is 0.396. The van der Waals surface area contributed by atoms with Gasteiger partial charge in [-0.15, -0.1) is 0 Å². The summed E-state index contributed by atoms with van der Waals surface area (Å²) in [4.78, 5) is 13.9. The topological polar surface area (TPSA) is 20.3 Å². The fraction of sp³-hybridized carbons (Fsp3) is 0.773. The number of unbranched alkanes of at least 4 members (excludes halogenated alkanes) is 9. The quantitative estimate of drug-likeness (QED) is 0.265. The van der Waals surface area contributed by atoms with E-state index in [-0.39, 0.29) is 0 Å². The van der Waals surface area contributed by atoms with Crippen molar-refractivity contribution >= 4 is 5.91 Å². The number of carbonyl (C=O) groups excluding carboxylic acids is 1. The van der Waals surface area contributed by atoms with E-state index < -0.39 is 0 Å². The van der Waals surface area contributed by atoms with Gasteiger partial charge in [0.1, 0.15) is 0 Å². The molecule has 1 amide bonds. The molecule has 0 aromatic heterocycles. The molecule has 0 aliphatic carbocycles. The first-order valence-corrected chi connectivity index (χ1v) is 10.4. The summed E-state index contributed by atoms with van der Waals surface area (Å²) in [6, 6.07) is 0. The lowest BCUT2D eigenvalue weighted by Gasteiger charge is -2.14. The van der Waals surface area contributed by atoms with E-state index in [1.54, 1.807) is 0 Å². The van der Waals surface area contributed by atoms with Crippen molar-refractivity contribution in [3.05, 3.63) is 24.3 Å². The van der Waals surface area contributed by atoms with Gasteiger partial charge in [-0.05, 0) is 45.4 Å². The van der Waals surface area contributed by atoms with Crippen molar-refractivity contribution < 1.29 is 4.79 Å². The Balaban J connectivity index is 1.76. The maximum atomic E-state index is 11.9. The largest absolute Gasteiger partial charge is 0.343 e. The normalized spacial score (nSPS) is 15.1. The molecule has 0 N–H and O–H groups in total. The lowest BCUT2D eigenvalue weighted by molar-refractivity contribution is -0.130. The summed E-state index contributed by atoms with van der Waals surface area (Å²) in [5.41, 5.74) is 0. The number of carbonyl (C=O) groups is 1. The van der Waals surface area contributed by atoms with E-state index in [9.17, 15) is 4.79 Å². The average Bonchev–Trinajstić information content (AvgIpc) is 3.13. The van der Waals surface area contributed by atoms with Gasteiger partial charge in [-0.2, -0.15) is 0 Å². The molecule has 0 saturated carbocycles. The van der Waals surface area contributed by atoms with E-state index in [1.807, 2.05) is 0 Å². The van der Waals surface area contributed by atoms with E-state index >= 15 is 0 Å². The molecule has 1 heterocycles. The van der Waals surface area contributed by atoms with Crippen molar-refractivity contribution in [1.82, 2.24) is 4.90 Å². The lowest BCUT2D eigenvalue weighted by Crippen LogP contribution is -2.27. The van der Waals surface area contributed by atoms with Gasteiger partial charge >= 0.3 is 0 Å². The smallest absolute Gasteiger partial charge is 0.222 e. The molecule has 0 bridgehead atoms. The van der Waals surface area contributed by atoms with Gasteiger partial charge in [0.05, 0.1) is 0 Å². The van der Waals surface area contributed by atoms with Crippen LogP contribution in [0.25, 0.3) is 0 Å². The van der Waals surface area contributed by atoms with Crippen LogP contribution < -0.4 is 0 Å². The van der Waals surface area contributed by atoms with Crippen LogP contribution in [0, 0.1) is 0 Å². The van der Waals surface area contributed by atoms with E-state index in [0.29, 0.717) is 5.91 Å². The molecule has 1 aliphatic heterocycles. The molecule has 0 aromatic carbocycles. The summed E-state index contributed by atoms with van der Waals surface area (Å²) in [5, 5.41) is 0. The van der Waals surface area contributed by atoms with Crippen molar-refractivity contribution in [3.8, 4) is 0 Å². The zero-order valence-electron chi connectivity index (χ0n) is 16.0. The minimum Gasteiger partial charge on any atom is -0.343 e. The van der Waals surface area contributed by atoms with Crippen LogP contribution in [0.4, 0.5) is 0 Å². The molecule has 0 aromatic rings. The number of rotatable bonds is 14. The predicted molar refractivity (Wildman–Crippen MR) is 105 cm³/mol. The van der Waals surface area contributed by atoms with E-state index in [2.05, 4.69) is 36.1 Å². The predicted octanol–water partition coefficient (Wildman–Crippen LogP) is 6.42. The Morgan fingerprint density at radius 2 is 1.38 bits per heavy atom. The van der Waals surface area contributed by atoms with Gasteiger partial charge in [-0.25, -0.2) is 0 Å². The average molecular weight is 334 g/mol. The van der Waals surface area contributed by atoms with Gasteiger partial charge < -0.3 is 4.90 Å². The second-order valence-electron chi connectivity index (χ2n) is 7.08. The summed E-state index contributed by atoms with van der Waals surface area (Å²) >= 11 is 0. The van der Waals surface area contributed by atoms with E-state index in [1.165, 1.54) is 70.6 Å². The Morgan fingerprint density at radius 3 is 2.00 bits per heavy atom. The van der Waals surface area contributed by atoms with Crippen LogP contribution in [0.3, 0.4) is 0 Å². The van der Waals surface area contributed by atoms with Crippen LogP contribution in [0.15, 0.2) is 24.3 Å². The van der Waals surface area contributed by atoms with Crippen LogP contribution in [-0.4, -0.2) is 23.9 Å². The highest BCUT2D eigenvalue weighted by Gasteiger charge is 2.16. The summed E-state index contributed by atoms with van der Waals surface area (Å²) in [5.74, 6) is 0.396. The first kappa shape index (κ1) is 21.0. The maximum absolute atomic E-state index is 11.9. The molecule has 2 heteroatoms. The highest BCUT2D eigenvalue weighted by atomic mass is 16.2. The van der Waals surface area contributed by atoms with Gasteiger partial charge in [0.15, 0.2) is 0 Å². The molecule has 138 valence electrons. The number of nitrogens with zero attached hydrogens (tertiary/aromatic N) is 1. The molecule has 24 heavy (non-hydrogen) atoms. The molecule has 0 spiro atoms. The van der Waals surface area contributed by atoms with Crippen molar-refractivity contribution in [2.75, 3.05) is 13.1 Å². The zero-order chi connectivity index (χ0) is 17.3. The molecule has 1 fully saturated rings. The minimum absolute atomic E-state index is 0.396. The number of hydrogen-bond donors (Lipinski definition) is 0. The maximum Gasteiger partial charge on any atom is 0.222 e. The van der Waals surface area contributed by atoms with E-state index in [4.69, 9.17) is 0 Å². The Hall–Kier alpha value is -1.05. The molecular weight excluding hydrogens is 294 g/mol. The number of amides is 1. The number of hydrogen-bond acceptors (Lipinski definition) is 1. The Morgan fingerprint density at radius 1 is 0.792 bits per heavy atom. The molecular formula is C22H39NO. The molecule has 0 atom stereocenters. The fourth-order valence-corrected chi connectivity index (χ4v) is 3.33. The third kappa shape index (κ3) is 11.5. The van der Waals surface area contributed by atoms with Gasteiger partial charge in [-0.3, -0.25) is 4.79 Å². The summed E-state index contributed by atoms with van der Waals surface area (Å²) < 4.78 is 0. The first-order valence-electron chi connectivity index (χ1n) is 10.4. The zero-order valence-corrected chi connectivity index (χ0v) is 16.0. The first-order chi connectivity index (χ1) is 11.8. The van der Waals surface area contributed by atoms with Crippen LogP contribution in [0.1, 0.15) is 96.8 Å². The van der Waals surface area contributed by atoms with Gasteiger partial charge in [0.25, 0.3) is 0 Å². The van der Waals surface area contributed by atoms with Crippen LogP contribution >= 0.6 is 0 Å². The van der Waals surface area contributed by atoms with Gasteiger partial charge in [0.2, 0.25) is 5.91 Å². The van der Waals surface area contributed by atoms with Gasteiger partial charge in [0, 0.05) is 19.5 Å². The van der Waals surface area contributed by atoms with Gasteiger partial charge in [-0.1, -0.05) is 69.2 Å². The summed E-state index contributed by atoms with van der Waals surface area (Å²) in [6.07, 6.45) is 26.2. The summed E-state index contributed by atoms with van der Waals surface area (Å²) in [6.45, 7) is 4.08. The molecule has 2 nitrogen and oxygen atoms in total. The fourth-order valence-electron chi connectivity index (χ4n) is 3.33. The monoisotopic (exact) mass is 333 g/mol. The molecule has 0 unspecified atom stereocenters. The molecule has 1 rings (SSSR count). The number of likely N-dealkylation sites (tertiary alicyclic amines) is 1. The molecule has 1 saturated heterocycles. The van der Waals surface area contributed by atoms with Crippen LogP contribution in [0.2, 0.25) is 0 Å². The molecule has 0 radical (unpaired) electrons. The number of allylic oxidation sites excluding steroid dienone is 4. The van der Waals surface area contributed by atoms with Crippen molar-refractivity contribution in [1.29, 1.82) is 0 Å². The lowest BCUT2D eigenvalue weighted by atomic mass is 10.1. The standard InChI is InChI=1S/C22H39NO/c1-2-3-4-5-6-7-8-9-10-11-12-13-14-15-16-19-22(24)23-20-17-18-21-23/h2-3,5-6H,4,7-21H2,1H3/b3-2+,6-5+. The third-order valence-electron chi connectivity index (χ3n) is 4.89. The highest BCUT2D eigenvalue weighted by Crippen LogP contribution is 2.14. The second kappa shape index (κ2) is 15.5. The molecule has 1 aliphatic rings. The van der Waals surface area contributed by atoms with Crippen molar-refractivity contribution in [3.63, 3.8) is 0 Å². The third-order valence-corrected chi connectivity index (χ3v) is 4.89. The van der Waals surface area contributed by atoms with Crippen LogP contribution in [0.5, 0.6) is 0 Å². The Bertz CT molecular complexity index is 353.